The van der Waals surface area contributed by atoms with Gasteiger partial charge >= 0.3 is 0 Å². The van der Waals surface area contributed by atoms with Crippen molar-refractivity contribution in [1.82, 2.24) is 0 Å². The summed E-state index contributed by atoms with van der Waals surface area (Å²) in [5, 5.41) is 11.1. The molecule has 2 nitrogen and oxygen atoms in total. The van der Waals surface area contributed by atoms with Gasteiger partial charge < -0.3 is 9.84 Å². The molecule has 0 aliphatic heterocycles. The van der Waals surface area contributed by atoms with Crippen LogP contribution in [-0.2, 0) is 4.74 Å². The number of ether oxygens (including phenoxy) is 1. The monoisotopic (exact) mass is 159 g/mol. The van der Waals surface area contributed by atoms with Gasteiger partial charge in [0.2, 0.25) is 0 Å². The predicted molar refractivity (Wildman–Crippen MR) is 44.0 cm³/mol. The molecule has 0 aromatic carbocycles. The molecule has 0 spiro atoms. The van der Waals surface area contributed by atoms with Crippen molar-refractivity contribution in [2.75, 3.05) is 0 Å². The molecule has 0 aliphatic carbocycles. The second kappa shape index (κ2) is 4.73. The van der Waals surface area contributed by atoms with E-state index in [-0.39, 0.29) is 12.0 Å². The minimum Gasteiger partial charge on any atom is -0.831 e. The Bertz CT molecular complexity index is 87.7. The molecule has 0 bridgehead atoms. The number of rotatable bonds is 4. The maximum atomic E-state index is 11.1. The summed E-state index contributed by atoms with van der Waals surface area (Å²) in [5.41, 5.74) is 0. The molecule has 2 heteroatoms. The van der Waals surface area contributed by atoms with Gasteiger partial charge in [0.1, 0.15) is 0 Å². The van der Waals surface area contributed by atoms with E-state index >= 15 is 0 Å². The third-order valence-electron chi connectivity index (χ3n) is 1.83. The molecular formula is C9H19O2-. The van der Waals surface area contributed by atoms with Crippen LogP contribution in [0.1, 0.15) is 34.6 Å². The standard InChI is InChI=1S/C9H19O2/c1-6(2)8(5)11-9(10)7(3)4/h6-9H,1-5H3/q-1. The molecule has 0 radical (unpaired) electrons. The van der Waals surface area contributed by atoms with Crippen LogP contribution in [0.15, 0.2) is 0 Å². The highest BCUT2D eigenvalue weighted by Gasteiger charge is 2.09. The maximum Gasteiger partial charge on any atom is 0.0555 e. The van der Waals surface area contributed by atoms with Crippen LogP contribution in [0.2, 0.25) is 0 Å². The van der Waals surface area contributed by atoms with Gasteiger partial charge in [0.05, 0.1) is 6.10 Å². The van der Waals surface area contributed by atoms with E-state index in [1.807, 2.05) is 20.8 Å². The van der Waals surface area contributed by atoms with Crippen molar-refractivity contribution in [3.63, 3.8) is 0 Å². The van der Waals surface area contributed by atoms with Crippen molar-refractivity contribution >= 4 is 0 Å². The lowest BCUT2D eigenvalue weighted by Crippen LogP contribution is -2.38. The molecule has 0 aliphatic rings. The summed E-state index contributed by atoms with van der Waals surface area (Å²) in [4.78, 5) is 0. The Balaban J connectivity index is 3.66. The summed E-state index contributed by atoms with van der Waals surface area (Å²) in [6.07, 6.45) is -0.799. The van der Waals surface area contributed by atoms with E-state index < -0.39 is 6.29 Å². The molecule has 2 atom stereocenters. The Morgan fingerprint density at radius 1 is 0.909 bits per heavy atom. The molecule has 11 heavy (non-hydrogen) atoms. The minimum absolute atomic E-state index is 0.0659. The second-order valence-corrected chi connectivity index (χ2v) is 3.70. The van der Waals surface area contributed by atoms with Crippen molar-refractivity contribution in [3.05, 3.63) is 0 Å². The fourth-order valence-corrected chi connectivity index (χ4v) is 0.526. The normalized spacial score (nSPS) is 17.5. The fourth-order valence-electron chi connectivity index (χ4n) is 0.526. The van der Waals surface area contributed by atoms with Crippen LogP contribution in [0.5, 0.6) is 0 Å². The maximum absolute atomic E-state index is 11.1. The van der Waals surface area contributed by atoms with Gasteiger partial charge in [-0.1, -0.05) is 27.7 Å². The van der Waals surface area contributed by atoms with Gasteiger partial charge in [-0.3, -0.25) is 0 Å². The minimum atomic E-state index is -0.868. The zero-order valence-corrected chi connectivity index (χ0v) is 8.13. The average molecular weight is 159 g/mol. The highest BCUT2D eigenvalue weighted by molar-refractivity contribution is 4.56. The van der Waals surface area contributed by atoms with Gasteiger partial charge in [-0.15, -0.1) is 0 Å². The van der Waals surface area contributed by atoms with Gasteiger partial charge in [-0.25, -0.2) is 0 Å². The highest BCUT2D eigenvalue weighted by atomic mass is 16.6. The molecule has 0 heterocycles. The first-order valence-corrected chi connectivity index (χ1v) is 4.26. The molecule has 0 rings (SSSR count). The molecule has 0 N–H and O–H groups in total. The average Bonchev–Trinajstić information content (AvgIpc) is 1.87. The molecule has 0 fully saturated rings. The molecule has 0 saturated heterocycles. The quantitative estimate of drug-likeness (QED) is 0.581. The zero-order chi connectivity index (χ0) is 9.02. The van der Waals surface area contributed by atoms with Crippen LogP contribution in [0.4, 0.5) is 0 Å². The summed E-state index contributed by atoms with van der Waals surface area (Å²) in [5.74, 6) is 0.487. The summed E-state index contributed by atoms with van der Waals surface area (Å²) in [6.45, 7) is 9.81. The Morgan fingerprint density at radius 2 is 1.36 bits per heavy atom. The zero-order valence-electron chi connectivity index (χ0n) is 8.13. The van der Waals surface area contributed by atoms with Crippen LogP contribution in [-0.4, -0.2) is 12.4 Å². The van der Waals surface area contributed by atoms with E-state index in [9.17, 15) is 5.11 Å². The summed E-state index contributed by atoms with van der Waals surface area (Å²) < 4.78 is 5.22. The lowest BCUT2D eigenvalue weighted by Gasteiger charge is -2.31. The van der Waals surface area contributed by atoms with E-state index in [2.05, 4.69) is 13.8 Å². The topological polar surface area (TPSA) is 32.3 Å². The van der Waals surface area contributed by atoms with Crippen molar-refractivity contribution in [3.8, 4) is 0 Å². The number of hydrogen-bond donors (Lipinski definition) is 0. The highest BCUT2D eigenvalue weighted by Crippen LogP contribution is 2.09. The Morgan fingerprint density at radius 3 is 1.64 bits per heavy atom. The summed E-state index contributed by atoms with van der Waals surface area (Å²) >= 11 is 0. The summed E-state index contributed by atoms with van der Waals surface area (Å²) in [6, 6.07) is 0. The lowest BCUT2D eigenvalue weighted by molar-refractivity contribution is -0.509. The van der Waals surface area contributed by atoms with Gasteiger partial charge in [0, 0.05) is 0 Å². The molecule has 0 aromatic rings. The fraction of sp³-hybridized carbons (Fsp3) is 1.00. The Kier molecular flexibility index (Phi) is 4.69. The lowest BCUT2D eigenvalue weighted by atomic mass is 10.1. The molecule has 0 aromatic heterocycles. The van der Waals surface area contributed by atoms with Gasteiger partial charge in [0.25, 0.3) is 0 Å². The first kappa shape index (κ1) is 10.9. The molecule has 2 unspecified atom stereocenters. The van der Waals surface area contributed by atoms with Gasteiger partial charge in [0.15, 0.2) is 0 Å². The smallest absolute Gasteiger partial charge is 0.0555 e. The SMILES string of the molecule is CC(C)C(C)OC([O-])C(C)C. The van der Waals surface area contributed by atoms with Gasteiger partial charge in [-0.05, 0) is 25.0 Å². The van der Waals surface area contributed by atoms with E-state index in [0.717, 1.165) is 0 Å². The van der Waals surface area contributed by atoms with Crippen molar-refractivity contribution in [2.24, 2.45) is 11.8 Å². The summed E-state index contributed by atoms with van der Waals surface area (Å²) in [7, 11) is 0. The van der Waals surface area contributed by atoms with Crippen LogP contribution < -0.4 is 5.11 Å². The van der Waals surface area contributed by atoms with Crippen LogP contribution in [0, 0.1) is 11.8 Å². The Labute approximate surface area is 69.6 Å². The van der Waals surface area contributed by atoms with Crippen molar-refractivity contribution in [1.29, 1.82) is 0 Å². The van der Waals surface area contributed by atoms with E-state index in [1.54, 1.807) is 0 Å². The Hall–Kier alpha value is -0.0800. The van der Waals surface area contributed by atoms with Crippen LogP contribution >= 0.6 is 0 Å². The third kappa shape index (κ3) is 4.38. The van der Waals surface area contributed by atoms with Gasteiger partial charge in [-0.2, -0.15) is 0 Å². The van der Waals surface area contributed by atoms with E-state index in [1.165, 1.54) is 0 Å². The van der Waals surface area contributed by atoms with E-state index in [0.29, 0.717) is 5.92 Å². The third-order valence-corrected chi connectivity index (χ3v) is 1.83. The van der Waals surface area contributed by atoms with E-state index in [4.69, 9.17) is 4.74 Å². The van der Waals surface area contributed by atoms with Crippen molar-refractivity contribution in [2.45, 2.75) is 47.0 Å². The largest absolute Gasteiger partial charge is 0.831 e. The number of hydrogen-bond acceptors (Lipinski definition) is 2. The van der Waals surface area contributed by atoms with Crippen LogP contribution in [0.3, 0.4) is 0 Å². The van der Waals surface area contributed by atoms with Crippen molar-refractivity contribution < 1.29 is 9.84 Å². The molecule has 68 valence electrons. The molecule has 0 amide bonds. The first-order chi connectivity index (χ1) is 4.95. The predicted octanol–water partition coefficient (Wildman–Crippen LogP) is 1.39. The second-order valence-electron chi connectivity index (χ2n) is 3.70. The first-order valence-electron chi connectivity index (χ1n) is 4.26. The molecular weight excluding hydrogens is 140 g/mol. The molecule has 0 saturated carbocycles. The van der Waals surface area contributed by atoms with Crippen LogP contribution in [0.25, 0.3) is 0 Å².